The molecule has 3 aromatic heterocycles. The van der Waals surface area contributed by atoms with Crippen molar-refractivity contribution in [2.45, 2.75) is 45.4 Å². The topological polar surface area (TPSA) is 102 Å². The standard InChI is InChI=1S/C31H30F5N5O3S/c1-18-11-19(2)26(40-9-10-41-27(40)16-25(39-41)20-7-6-8-37-17-20)15-24(18)38-29(42)22-12-21(28(30(43)44)31(3,4)5)13-23(14-22)45(32,33,34,35)36/h6-17,28H,1-5H3,(H,38,42)(H,43,44). The number of nitrogens with zero attached hydrogens (tertiary/aromatic N) is 4. The van der Waals surface area contributed by atoms with Crippen LogP contribution in [0.5, 0.6) is 0 Å². The van der Waals surface area contributed by atoms with Gasteiger partial charge in [-0.25, -0.2) is 4.52 Å². The summed E-state index contributed by atoms with van der Waals surface area (Å²) in [5, 5.41) is 16.9. The molecule has 3 heterocycles. The van der Waals surface area contributed by atoms with Crippen LogP contribution in [0.4, 0.5) is 25.1 Å². The summed E-state index contributed by atoms with van der Waals surface area (Å²) in [5.74, 6) is -4.24. The lowest BCUT2D eigenvalue weighted by Crippen LogP contribution is -2.27. The van der Waals surface area contributed by atoms with Gasteiger partial charge in [0.25, 0.3) is 5.91 Å². The fourth-order valence-corrected chi connectivity index (χ4v) is 6.03. The molecule has 0 radical (unpaired) electrons. The van der Waals surface area contributed by atoms with Gasteiger partial charge in [-0.3, -0.25) is 19.1 Å². The number of carbonyl (C=O) groups is 2. The SMILES string of the molecule is Cc1cc(C)c(-n2ccn3nc(-c4cccnc4)cc23)cc1NC(=O)c1cc(C(C(=O)O)C(C)(C)C)cc(S(F)(F)(F)(F)F)c1. The zero-order chi connectivity index (χ0) is 33.2. The second-order valence-corrected chi connectivity index (χ2v) is 14.5. The number of fused-ring (bicyclic) bond motifs is 1. The van der Waals surface area contributed by atoms with E-state index in [0.717, 1.165) is 17.2 Å². The van der Waals surface area contributed by atoms with Gasteiger partial charge in [0, 0.05) is 47.7 Å². The highest BCUT2D eigenvalue weighted by atomic mass is 32.5. The number of benzene rings is 2. The molecule has 0 aliphatic heterocycles. The normalized spacial score (nSPS) is 14.5. The summed E-state index contributed by atoms with van der Waals surface area (Å²) >= 11 is 0. The summed E-state index contributed by atoms with van der Waals surface area (Å²) < 4.78 is 73.6. The average Bonchev–Trinajstić information content (AvgIpc) is 3.50. The van der Waals surface area contributed by atoms with Gasteiger partial charge in [0.1, 0.15) is 10.5 Å². The maximum absolute atomic E-state index is 14.0. The summed E-state index contributed by atoms with van der Waals surface area (Å²) in [5.41, 5.74) is 1.84. The minimum Gasteiger partial charge on any atom is -0.481 e. The van der Waals surface area contributed by atoms with Crippen molar-refractivity contribution < 1.29 is 34.1 Å². The first-order chi connectivity index (χ1) is 20.6. The van der Waals surface area contributed by atoms with Crippen molar-refractivity contribution in [3.63, 3.8) is 0 Å². The first-order valence-corrected chi connectivity index (χ1v) is 15.6. The molecule has 8 nitrogen and oxygen atoms in total. The van der Waals surface area contributed by atoms with Crippen LogP contribution in [-0.4, -0.2) is 36.1 Å². The van der Waals surface area contributed by atoms with Gasteiger partial charge in [-0.2, -0.15) is 5.10 Å². The monoisotopic (exact) mass is 647 g/mol. The number of aryl methyl sites for hydroxylation is 2. The number of pyridine rings is 1. The smallest absolute Gasteiger partial charge is 0.311 e. The van der Waals surface area contributed by atoms with Crippen molar-refractivity contribution in [1.82, 2.24) is 19.2 Å². The van der Waals surface area contributed by atoms with Crippen LogP contribution in [0.1, 0.15) is 53.7 Å². The fraction of sp³-hybridized carbons (Fsp3) is 0.226. The van der Waals surface area contributed by atoms with Crippen molar-refractivity contribution in [1.29, 1.82) is 0 Å². The molecule has 0 spiro atoms. The van der Waals surface area contributed by atoms with Gasteiger partial charge in [0.05, 0.1) is 17.3 Å². The van der Waals surface area contributed by atoms with E-state index in [-0.39, 0.29) is 17.8 Å². The van der Waals surface area contributed by atoms with E-state index in [4.69, 9.17) is 0 Å². The minimum absolute atomic E-state index is 0.0636. The number of nitrogens with one attached hydrogen (secondary N) is 1. The third-order valence-electron chi connectivity index (χ3n) is 7.41. The van der Waals surface area contributed by atoms with E-state index >= 15 is 0 Å². The third kappa shape index (κ3) is 6.41. The number of rotatable bonds is 7. The van der Waals surface area contributed by atoms with Gasteiger partial charge in [0.2, 0.25) is 0 Å². The molecule has 0 bridgehead atoms. The highest BCUT2D eigenvalue weighted by molar-refractivity contribution is 8.45. The number of carboxylic acids is 1. The number of carbonyl (C=O) groups excluding carboxylic acids is 1. The number of carboxylic acid groups (broad SMARTS) is 1. The van der Waals surface area contributed by atoms with Crippen molar-refractivity contribution >= 4 is 33.4 Å². The molecule has 2 aromatic carbocycles. The Kier molecular flexibility index (Phi) is 6.97. The van der Waals surface area contributed by atoms with E-state index < -0.39 is 49.5 Å². The number of hydrogen-bond donors (Lipinski definition) is 2. The number of imidazole rings is 1. The number of aliphatic carboxylic acids is 1. The van der Waals surface area contributed by atoms with Crippen LogP contribution in [0.25, 0.3) is 22.6 Å². The zero-order valence-corrected chi connectivity index (χ0v) is 25.7. The van der Waals surface area contributed by atoms with Crippen LogP contribution in [-0.2, 0) is 4.79 Å². The minimum atomic E-state index is -10.3. The number of halogens is 5. The van der Waals surface area contributed by atoms with Crippen LogP contribution in [0.3, 0.4) is 0 Å². The average molecular weight is 648 g/mol. The Morgan fingerprint density at radius 3 is 2.27 bits per heavy atom. The van der Waals surface area contributed by atoms with E-state index in [1.54, 1.807) is 54.4 Å². The fourth-order valence-electron chi connectivity index (χ4n) is 5.32. The van der Waals surface area contributed by atoms with E-state index in [1.165, 1.54) is 20.8 Å². The lowest BCUT2D eigenvalue weighted by molar-refractivity contribution is -0.141. The highest BCUT2D eigenvalue weighted by Crippen LogP contribution is 3.02. The van der Waals surface area contributed by atoms with Crippen molar-refractivity contribution in [2.24, 2.45) is 5.41 Å². The first kappa shape index (κ1) is 31.7. The van der Waals surface area contributed by atoms with Crippen LogP contribution >= 0.6 is 10.2 Å². The summed E-state index contributed by atoms with van der Waals surface area (Å²) in [6.07, 6.45) is 6.80. The van der Waals surface area contributed by atoms with Crippen molar-refractivity contribution in [3.8, 4) is 16.9 Å². The third-order valence-corrected chi connectivity index (χ3v) is 8.54. The Morgan fingerprint density at radius 2 is 1.67 bits per heavy atom. The molecule has 238 valence electrons. The molecule has 5 rings (SSSR count). The van der Waals surface area contributed by atoms with Crippen LogP contribution in [0.15, 0.2) is 78.2 Å². The summed E-state index contributed by atoms with van der Waals surface area (Å²) in [6.45, 7) is 7.87. The molecular formula is C31H30F5N5O3S. The van der Waals surface area contributed by atoms with Gasteiger partial charge in [-0.15, -0.1) is 0 Å². The Bertz CT molecular complexity index is 1980. The molecule has 0 fully saturated rings. The molecule has 14 heteroatoms. The number of hydrogen-bond acceptors (Lipinski definition) is 4. The van der Waals surface area contributed by atoms with Crippen molar-refractivity contribution in [2.75, 3.05) is 5.32 Å². The van der Waals surface area contributed by atoms with Crippen LogP contribution in [0, 0.1) is 19.3 Å². The Morgan fingerprint density at radius 1 is 0.956 bits per heavy atom. The van der Waals surface area contributed by atoms with E-state index in [9.17, 15) is 34.1 Å². The summed E-state index contributed by atoms with van der Waals surface area (Å²) in [4.78, 5) is 27.3. The quantitative estimate of drug-likeness (QED) is 0.172. The Labute approximate surface area is 255 Å². The van der Waals surface area contributed by atoms with E-state index in [0.29, 0.717) is 22.6 Å². The molecule has 1 atom stereocenters. The lowest BCUT2D eigenvalue weighted by Gasteiger charge is -2.41. The van der Waals surface area contributed by atoms with E-state index in [1.807, 2.05) is 23.6 Å². The largest absolute Gasteiger partial charge is 0.481 e. The van der Waals surface area contributed by atoms with Crippen LogP contribution < -0.4 is 5.32 Å². The number of amides is 1. The molecule has 45 heavy (non-hydrogen) atoms. The molecule has 5 aromatic rings. The van der Waals surface area contributed by atoms with Crippen LogP contribution in [0.2, 0.25) is 0 Å². The molecule has 2 N–H and O–H groups in total. The Hall–Kier alpha value is -4.72. The second kappa shape index (κ2) is 9.89. The summed E-state index contributed by atoms with van der Waals surface area (Å²) in [6, 6.07) is 9.97. The number of aromatic nitrogens is 4. The molecule has 0 aliphatic rings. The van der Waals surface area contributed by atoms with Gasteiger partial charge >= 0.3 is 16.2 Å². The predicted molar refractivity (Wildman–Crippen MR) is 163 cm³/mol. The molecule has 0 aliphatic carbocycles. The number of anilines is 1. The molecular weight excluding hydrogens is 617 g/mol. The second-order valence-electron chi connectivity index (χ2n) is 12.0. The van der Waals surface area contributed by atoms with Gasteiger partial charge in [-0.05, 0) is 72.4 Å². The predicted octanol–water partition coefficient (Wildman–Crippen LogP) is 8.93. The molecule has 0 saturated carbocycles. The first-order valence-electron chi connectivity index (χ1n) is 13.6. The zero-order valence-electron chi connectivity index (χ0n) is 24.9. The van der Waals surface area contributed by atoms with Gasteiger partial charge in [0.15, 0.2) is 0 Å². The maximum atomic E-state index is 14.0. The highest BCUT2D eigenvalue weighted by Gasteiger charge is 2.65. The lowest BCUT2D eigenvalue weighted by atomic mass is 9.76. The molecule has 0 saturated heterocycles. The van der Waals surface area contributed by atoms with E-state index in [2.05, 4.69) is 15.4 Å². The summed E-state index contributed by atoms with van der Waals surface area (Å²) in [7, 11) is -10.3. The molecule has 1 unspecified atom stereocenters. The van der Waals surface area contributed by atoms with Gasteiger partial charge in [-0.1, -0.05) is 46.3 Å². The maximum Gasteiger partial charge on any atom is 0.311 e. The van der Waals surface area contributed by atoms with Gasteiger partial charge < -0.3 is 10.4 Å². The Balaban J connectivity index is 1.58. The molecule has 1 amide bonds. The van der Waals surface area contributed by atoms with Crippen molar-refractivity contribution in [3.05, 3.63) is 95.6 Å².